The number of ether oxygens (including phenoxy) is 1. The van der Waals surface area contributed by atoms with E-state index in [2.05, 4.69) is 23.1 Å². The lowest BCUT2D eigenvalue weighted by Gasteiger charge is -2.26. The highest BCUT2D eigenvalue weighted by atomic mass is 16.5. The van der Waals surface area contributed by atoms with Crippen molar-refractivity contribution in [2.24, 2.45) is 0 Å². The Morgan fingerprint density at radius 3 is 2.76 bits per heavy atom. The van der Waals surface area contributed by atoms with E-state index in [1.807, 2.05) is 18.2 Å². The Hall–Kier alpha value is -2.24. The highest BCUT2D eigenvalue weighted by molar-refractivity contribution is 5.76. The van der Waals surface area contributed by atoms with Crippen LogP contribution in [0.1, 0.15) is 91.4 Å². The number of likely N-dealkylation sites (tertiary alicyclic amines) is 1. The van der Waals surface area contributed by atoms with Crippen LogP contribution < -0.4 is 0 Å². The molecular formula is C29H38N2O3. The number of aliphatic carboxylic acids is 1. The van der Waals surface area contributed by atoms with Crippen LogP contribution in [-0.2, 0) is 28.8 Å². The lowest BCUT2D eigenvalue weighted by molar-refractivity contribution is -0.143. The second-order valence-electron chi connectivity index (χ2n) is 10.3. The predicted molar refractivity (Wildman–Crippen MR) is 133 cm³/mol. The molecule has 0 radical (unpaired) electrons. The van der Waals surface area contributed by atoms with E-state index in [0.29, 0.717) is 12.5 Å². The van der Waals surface area contributed by atoms with Gasteiger partial charge in [-0.25, -0.2) is 0 Å². The van der Waals surface area contributed by atoms with E-state index >= 15 is 0 Å². The van der Waals surface area contributed by atoms with Crippen molar-refractivity contribution in [3.8, 4) is 0 Å². The molecule has 182 valence electrons. The Bertz CT molecular complexity index is 987. The van der Waals surface area contributed by atoms with E-state index < -0.39 is 12.0 Å². The Morgan fingerprint density at radius 1 is 1.06 bits per heavy atom. The molecule has 5 heteroatoms. The summed E-state index contributed by atoms with van der Waals surface area (Å²) in [5, 5.41) is 10.0. The molecule has 5 nitrogen and oxygen atoms in total. The third-order valence-corrected chi connectivity index (χ3v) is 7.75. The molecule has 1 aliphatic heterocycles. The summed E-state index contributed by atoms with van der Waals surface area (Å²) in [5.74, 6) is -0.200. The number of fused-ring (bicyclic) bond motifs is 1. The molecule has 5 rings (SSSR count). The second-order valence-corrected chi connectivity index (χ2v) is 10.3. The molecule has 2 atom stereocenters. The van der Waals surface area contributed by atoms with Gasteiger partial charge in [-0.1, -0.05) is 36.8 Å². The maximum Gasteiger partial charge on any atom is 0.325 e. The first-order valence-corrected chi connectivity index (χ1v) is 13.3. The smallest absolute Gasteiger partial charge is 0.325 e. The van der Waals surface area contributed by atoms with Gasteiger partial charge in [0.1, 0.15) is 6.04 Å². The molecule has 2 aliphatic carbocycles. The third-order valence-electron chi connectivity index (χ3n) is 7.75. The average Bonchev–Trinajstić information content (AvgIpc) is 3.60. The van der Waals surface area contributed by atoms with Gasteiger partial charge >= 0.3 is 5.97 Å². The number of carboxylic acid groups (broad SMARTS) is 1. The summed E-state index contributed by atoms with van der Waals surface area (Å²) in [6, 6.07) is 12.1. The second kappa shape index (κ2) is 11.0. The lowest BCUT2D eigenvalue weighted by atomic mass is 9.95. The van der Waals surface area contributed by atoms with E-state index in [1.165, 1.54) is 54.6 Å². The molecule has 1 aromatic carbocycles. The van der Waals surface area contributed by atoms with Gasteiger partial charge < -0.3 is 9.84 Å². The van der Waals surface area contributed by atoms with Crippen molar-refractivity contribution in [2.45, 2.75) is 88.7 Å². The number of rotatable bonds is 11. The largest absolute Gasteiger partial charge is 0.480 e. The summed E-state index contributed by atoms with van der Waals surface area (Å²) in [7, 11) is 0. The van der Waals surface area contributed by atoms with Gasteiger partial charge in [0.15, 0.2) is 0 Å². The summed E-state index contributed by atoms with van der Waals surface area (Å²) in [6.45, 7) is 2.24. The van der Waals surface area contributed by atoms with Crippen LogP contribution >= 0.6 is 0 Å². The zero-order chi connectivity index (χ0) is 23.3. The molecule has 0 amide bonds. The number of carboxylic acids is 1. The number of pyridine rings is 1. The molecule has 2 fully saturated rings. The van der Waals surface area contributed by atoms with Gasteiger partial charge in [0.25, 0.3) is 0 Å². The molecule has 2 aromatic rings. The number of carbonyl (C=O) groups is 1. The van der Waals surface area contributed by atoms with E-state index in [1.54, 1.807) is 0 Å². The van der Waals surface area contributed by atoms with Crippen LogP contribution in [0, 0.1) is 0 Å². The molecule has 1 aromatic heterocycles. The predicted octanol–water partition coefficient (Wildman–Crippen LogP) is 5.47. The zero-order valence-corrected chi connectivity index (χ0v) is 20.3. The quantitative estimate of drug-likeness (QED) is 0.449. The Labute approximate surface area is 203 Å². The van der Waals surface area contributed by atoms with Crippen molar-refractivity contribution in [3.05, 3.63) is 64.5 Å². The van der Waals surface area contributed by atoms with Gasteiger partial charge in [0.05, 0.1) is 6.10 Å². The number of benzene rings is 1. The Kier molecular flexibility index (Phi) is 7.60. The standard InChI is InChI=1S/C29H38N2O3/c32-29(33)28(26-11-5-4-10-25(26)21-13-14-21)31-18-17-24(20-31)34-19-7-1-2-9-23-16-15-22-8-3-6-12-27(22)30-23/h4-5,10-11,15-16,21,24,28H,1-3,6-9,12-14,17-20H2,(H,32,33)/t24-,28-/m1/s1. The van der Waals surface area contributed by atoms with Gasteiger partial charge in [-0.15, -0.1) is 0 Å². The van der Waals surface area contributed by atoms with Crippen molar-refractivity contribution >= 4 is 5.97 Å². The zero-order valence-electron chi connectivity index (χ0n) is 20.3. The number of nitrogens with zero attached hydrogens (tertiary/aromatic N) is 2. The molecule has 0 bridgehead atoms. The monoisotopic (exact) mass is 462 g/mol. The highest BCUT2D eigenvalue weighted by Crippen LogP contribution is 2.44. The van der Waals surface area contributed by atoms with Crippen LogP contribution in [0.15, 0.2) is 36.4 Å². The SMILES string of the molecule is O=C(O)[C@@H](c1ccccc1C1CC1)N1CC[C@@H](OCCCCCc2ccc3c(n2)CCCC3)C1. The maximum atomic E-state index is 12.2. The summed E-state index contributed by atoms with van der Waals surface area (Å²) in [6.07, 6.45) is 12.7. The Morgan fingerprint density at radius 2 is 1.91 bits per heavy atom. The van der Waals surface area contributed by atoms with Gasteiger partial charge in [0.2, 0.25) is 0 Å². The van der Waals surface area contributed by atoms with Crippen LogP contribution in [0.25, 0.3) is 0 Å². The molecule has 1 N–H and O–H groups in total. The van der Waals surface area contributed by atoms with Crippen LogP contribution in [-0.4, -0.2) is 46.8 Å². The molecule has 1 saturated heterocycles. The maximum absolute atomic E-state index is 12.2. The van der Waals surface area contributed by atoms with E-state index in [-0.39, 0.29) is 6.10 Å². The fraction of sp³-hybridized carbons (Fsp3) is 0.586. The Balaban J connectivity index is 1.05. The molecular weight excluding hydrogens is 424 g/mol. The number of hydrogen-bond acceptors (Lipinski definition) is 4. The molecule has 34 heavy (non-hydrogen) atoms. The lowest BCUT2D eigenvalue weighted by Crippen LogP contribution is -2.34. The minimum Gasteiger partial charge on any atom is -0.480 e. The van der Waals surface area contributed by atoms with Crippen LogP contribution in [0.4, 0.5) is 0 Å². The van der Waals surface area contributed by atoms with Crippen LogP contribution in [0.3, 0.4) is 0 Å². The van der Waals surface area contributed by atoms with E-state index in [0.717, 1.165) is 57.2 Å². The van der Waals surface area contributed by atoms with E-state index in [4.69, 9.17) is 9.72 Å². The van der Waals surface area contributed by atoms with Crippen LogP contribution in [0.5, 0.6) is 0 Å². The van der Waals surface area contributed by atoms with Gasteiger partial charge in [-0.3, -0.25) is 14.7 Å². The van der Waals surface area contributed by atoms with Gasteiger partial charge in [0, 0.05) is 31.1 Å². The fourth-order valence-electron chi connectivity index (χ4n) is 5.74. The summed E-state index contributed by atoms with van der Waals surface area (Å²) < 4.78 is 6.17. The molecule has 2 heterocycles. The summed E-state index contributed by atoms with van der Waals surface area (Å²) >= 11 is 0. The van der Waals surface area contributed by atoms with Crippen molar-refractivity contribution in [2.75, 3.05) is 19.7 Å². The van der Waals surface area contributed by atoms with E-state index in [9.17, 15) is 9.90 Å². The van der Waals surface area contributed by atoms with Crippen molar-refractivity contribution in [1.29, 1.82) is 0 Å². The number of unbranched alkanes of at least 4 members (excludes halogenated alkanes) is 2. The first-order valence-electron chi connectivity index (χ1n) is 13.3. The van der Waals surface area contributed by atoms with Gasteiger partial charge in [-0.05, 0) is 92.9 Å². The first-order chi connectivity index (χ1) is 16.7. The number of aromatic nitrogens is 1. The molecule has 0 spiro atoms. The topological polar surface area (TPSA) is 62.7 Å². The number of hydrogen-bond donors (Lipinski definition) is 1. The first kappa shape index (κ1) is 23.5. The molecule has 1 saturated carbocycles. The fourth-order valence-corrected chi connectivity index (χ4v) is 5.74. The molecule has 3 aliphatic rings. The van der Waals surface area contributed by atoms with Crippen molar-refractivity contribution < 1.29 is 14.6 Å². The number of aryl methyl sites for hydroxylation is 3. The van der Waals surface area contributed by atoms with Crippen molar-refractivity contribution in [3.63, 3.8) is 0 Å². The van der Waals surface area contributed by atoms with Crippen molar-refractivity contribution in [1.82, 2.24) is 9.88 Å². The minimum absolute atomic E-state index is 0.136. The third kappa shape index (κ3) is 5.69. The highest BCUT2D eigenvalue weighted by Gasteiger charge is 2.37. The molecule has 0 unspecified atom stereocenters. The average molecular weight is 463 g/mol. The van der Waals surface area contributed by atoms with Gasteiger partial charge in [-0.2, -0.15) is 0 Å². The minimum atomic E-state index is -0.746. The summed E-state index contributed by atoms with van der Waals surface area (Å²) in [5.41, 5.74) is 6.23. The summed E-state index contributed by atoms with van der Waals surface area (Å²) in [4.78, 5) is 19.2. The normalized spacial score (nSPS) is 21.4. The van der Waals surface area contributed by atoms with Crippen LogP contribution in [0.2, 0.25) is 0 Å².